The number of rotatable bonds is 3. The zero-order chi connectivity index (χ0) is 14.8. The summed E-state index contributed by atoms with van der Waals surface area (Å²) in [7, 11) is 0. The Morgan fingerprint density at radius 1 is 1.19 bits per heavy atom. The fraction of sp³-hybridized carbons (Fsp3) is 0.278. The summed E-state index contributed by atoms with van der Waals surface area (Å²) in [5, 5.41) is 0. The van der Waals surface area contributed by atoms with E-state index in [4.69, 9.17) is 10.5 Å². The summed E-state index contributed by atoms with van der Waals surface area (Å²) in [5.74, 6) is -0.364. The molecule has 1 aliphatic rings. The lowest BCUT2D eigenvalue weighted by Crippen LogP contribution is -2.09. The number of carbonyl (C=O) groups excluding carboxylic acids is 1. The average Bonchev–Trinajstić information content (AvgIpc) is 2.95. The van der Waals surface area contributed by atoms with Crippen molar-refractivity contribution in [3.05, 3.63) is 64.2 Å². The number of hydrogen-bond donors (Lipinski definition) is 1. The third kappa shape index (κ3) is 2.77. The van der Waals surface area contributed by atoms with E-state index in [2.05, 4.69) is 12.1 Å². The zero-order valence-electron chi connectivity index (χ0n) is 12.2. The zero-order valence-corrected chi connectivity index (χ0v) is 12.2. The van der Waals surface area contributed by atoms with Gasteiger partial charge in [-0.15, -0.1) is 0 Å². The molecule has 2 aromatic carbocycles. The number of carbonyl (C=O) groups is 1. The first-order valence-corrected chi connectivity index (χ1v) is 7.28. The smallest absolute Gasteiger partial charge is 0.340 e. The van der Waals surface area contributed by atoms with Crippen LogP contribution >= 0.6 is 0 Å². The summed E-state index contributed by atoms with van der Waals surface area (Å²) in [4.78, 5) is 12.1. The van der Waals surface area contributed by atoms with Crippen LogP contribution in [0, 0.1) is 6.92 Å². The molecule has 108 valence electrons. The normalized spacial score (nSPS) is 13.0. The second-order valence-corrected chi connectivity index (χ2v) is 5.57. The largest absolute Gasteiger partial charge is 0.457 e. The number of benzene rings is 2. The molecule has 0 atom stereocenters. The molecule has 3 heteroatoms. The van der Waals surface area contributed by atoms with Crippen molar-refractivity contribution >= 4 is 11.7 Å². The van der Waals surface area contributed by atoms with Crippen LogP contribution in [0.4, 0.5) is 5.69 Å². The Labute approximate surface area is 124 Å². The van der Waals surface area contributed by atoms with Gasteiger partial charge in [0.05, 0.1) is 5.56 Å². The Bertz CT molecular complexity index is 692. The lowest BCUT2D eigenvalue weighted by Gasteiger charge is -2.09. The van der Waals surface area contributed by atoms with Gasteiger partial charge < -0.3 is 10.5 Å². The van der Waals surface area contributed by atoms with Gasteiger partial charge in [-0.1, -0.05) is 30.3 Å². The molecule has 0 fully saturated rings. The van der Waals surface area contributed by atoms with Crippen molar-refractivity contribution in [1.82, 2.24) is 0 Å². The van der Waals surface area contributed by atoms with Crippen LogP contribution in [0.5, 0.6) is 0 Å². The summed E-state index contributed by atoms with van der Waals surface area (Å²) in [6, 6.07) is 11.7. The molecule has 0 saturated carbocycles. The van der Waals surface area contributed by atoms with Crippen LogP contribution < -0.4 is 5.73 Å². The number of para-hydroxylation sites is 1. The minimum Gasteiger partial charge on any atom is -0.457 e. The Hall–Kier alpha value is -2.29. The highest BCUT2D eigenvalue weighted by molar-refractivity contribution is 5.95. The van der Waals surface area contributed by atoms with E-state index in [0.717, 1.165) is 24.0 Å². The first kappa shape index (κ1) is 13.7. The lowest BCUT2D eigenvalue weighted by molar-refractivity contribution is 0.0474. The molecule has 2 N–H and O–H groups in total. The Morgan fingerprint density at radius 2 is 2.00 bits per heavy atom. The molecule has 3 nitrogen and oxygen atoms in total. The summed E-state index contributed by atoms with van der Waals surface area (Å²) >= 11 is 0. The van der Waals surface area contributed by atoms with Crippen LogP contribution in [-0.4, -0.2) is 5.97 Å². The Kier molecular flexibility index (Phi) is 3.65. The maximum Gasteiger partial charge on any atom is 0.340 e. The minimum absolute atomic E-state index is 0.291. The van der Waals surface area contributed by atoms with Gasteiger partial charge in [-0.25, -0.2) is 4.79 Å². The first-order valence-electron chi connectivity index (χ1n) is 7.28. The van der Waals surface area contributed by atoms with Crippen molar-refractivity contribution in [2.75, 3.05) is 5.73 Å². The quantitative estimate of drug-likeness (QED) is 0.692. The van der Waals surface area contributed by atoms with Crippen molar-refractivity contribution in [1.29, 1.82) is 0 Å². The van der Waals surface area contributed by atoms with Crippen LogP contribution in [0.2, 0.25) is 0 Å². The molecule has 0 bridgehead atoms. The summed E-state index contributed by atoms with van der Waals surface area (Å²) in [5.41, 5.74) is 11.6. The molecule has 0 saturated heterocycles. The van der Waals surface area contributed by atoms with E-state index in [1.807, 2.05) is 25.1 Å². The molecule has 0 aromatic heterocycles. The number of anilines is 1. The molecule has 1 aliphatic carbocycles. The van der Waals surface area contributed by atoms with Crippen molar-refractivity contribution in [3.63, 3.8) is 0 Å². The van der Waals surface area contributed by atoms with Crippen LogP contribution in [0.25, 0.3) is 0 Å². The van der Waals surface area contributed by atoms with Gasteiger partial charge in [-0.2, -0.15) is 0 Å². The van der Waals surface area contributed by atoms with E-state index >= 15 is 0 Å². The third-order valence-electron chi connectivity index (χ3n) is 4.08. The molecule has 0 spiro atoms. The van der Waals surface area contributed by atoms with Crippen LogP contribution in [0.3, 0.4) is 0 Å². The van der Waals surface area contributed by atoms with Crippen LogP contribution in [-0.2, 0) is 24.2 Å². The molecular weight excluding hydrogens is 262 g/mol. The van der Waals surface area contributed by atoms with Gasteiger partial charge in [0.1, 0.15) is 6.61 Å². The minimum atomic E-state index is -0.364. The van der Waals surface area contributed by atoms with E-state index in [-0.39, 0.29) is 5.97 Å². The maximum absolute atomic E-state index is 12.1. The molecule has 0 aliphatic heterocycles. The number of esters is 1. The molecule has 3 rings (SSSR count). The van der Waals surface area contributed by atoms with Gasteiger partial charge in [0.2, 0.25) is 0 Å². The van der Waals surface area contributed by atoms with E-state index < -0.39 is 0 Å². The SMILES string of the molecule is Cc1cccc(C(=O)OCc2ccc3c(c2)CCC3)c1N. The summed E-state index contributed by atoms with van der Waals surface area (Å²) in [6.07, 6.45) is 3.51. The molecule has 21 heavy (non-hydrogen) atoms. The predicted octanol–water partition coefficient (Wildman–Crippen LogP) is 3.42. The maximum atomic E-state index is 12.1. The van der Waals surface area contributed by atoms with Gasteiger partial charge in [0, 0.05) is 5.69 Å². The average molecular weight is 281 g/mol. The second kappa shape index (κ2) is 5.60. The topological polar surface area (TPSA) is 52.3 Å². The molecular formula is C18H19NO2. The summed E-state index contributed by atoms with van der Waals surface area (Å²) < 4.78 is 5.39. The van der Waals surface area contributed by atoms with Gasteiger partial charge >= 0.3 is 5.97 Å². The van der Waals surface area contributed by atoms with Crippen LogP contribution in [0.1, 0.15) is 39.0 Å². The lowest BCUT2D eigenvalue weighted by atomic mass is 10.1. The molecule has 0 unspecified atom stereocenters. The standard InChI is InChI=1S/C18H19NO2/c1-12-4-2-7-16(17(12)19)18(20)21-11-13-8-9-14-5-3-6-15(14)10-13/h2,4,7-10H,3,5-6,11,19H2,1H3. The Balaban J connectivity index is 1.70. The number of ether oxygens (including phenoxy) is 1. The molecule has 0 heterocycles. The molecule has 0 amide bonds. The summed E-state index contributed by atoms with van der Waals surface area (Å²) in [6.45, 7) is 2.17. The van der Waals surface area contributed by atoms with Gasteiger partial charge in [0.15, 0.2) is 0 Å². The number of nitrogens with two attached hydrogens (primary N) is 1. The van der Waals surface area contributed by atoms with E-state index in [9.17, 15) is 4.79 Å². The fourth-order valence-electron chi connectivity index (χ4n) is 2.80. The molecule has 0 radical (unpaired) electrons. The van der Waals surface area contributed by atoms with Crippen molar-refractivity contribution in [3.8, 4) is 0 Å². The van der Waals surface area contributed by atoms with Gasteiger partial charge in [0.25, 0.3) is 0 Å². The van der Waals surface area contributed by atoms with Crippen LogP contribution in [0.15, 0.2) is 36.4 Å². The highest BCUT2D eigenvalue weighted by atomic mass is 16.5. The highest BCUT2D eigenvalue weighted by Gasteiger charge is 2.14. The molecule has 2 aromatic rings. The first-order chi connectivity index (χ1) is 10.1. The Morgan fingerprint density at radius 3 is 2.86 bits per heavy atom. The van der Waals surface area contributed by atoms with Crippen molar-refractivity contribution in [2.24, 2.45) is 0 Å². The highest BCUT2D eigenvalue weighted by Crippen LogP contribution is 2.23. The number of nitrogen functional groups attached to an aromatic ring is 1. The predicted molar refractivity (Wildman–Crippen MR) is 83.2 cm³/mol. The van der Waals surface area contributed by atoms with Crippen molar-refractivity contribution in [2.45, 2.75) is 32.8 Å². The van der Waals surface area contributed by atoms with E-state index in [1.54, 1.807) is 6.07 Å². The third-order valence-corrected chi connectivity index (χ3v) is 4.08. The fourth-order valence-corrected chi connectivity index (χ4v) is 2.80. The van der Waals surface area contributed by atoms with Gasteiger partial charge in [-0.05, 0) is 54.5 Å². The number of aryl methyl sites for hydroxylation is 3. The van der Waals surface area contributed by atoms with E-state index in [0.29, 0.717) is 17.9 Å². The van der Waals surface area contributed by atoms with E-state index in [1.165, 1.54) is 17.5 Å². The monoisotopic (exact) mass is 281 g/mol. The number of fused-ring (bicyclic) bond motifs is 1. The van der Waals surface area contributed by atoms with Gasteiger partial charge in [-0.3, -0.25) is 0 Å². The van der Waals surface area contributed by atoms with Crippen molar-refractivity contribution < 1.29 is 9.53 Å². The second-order valence-electron chi connectivity index (χ2n) is 5.57. The number of hydrogen-bond acceptors (Lipinski definition) is 3.